The molecule has 0 unspecified atom stereocenters. The zero-order valence-corrected chi connectivity index (χ0v) is 19.6. The number of hydrogen-bond acceptors (Lipinski definition) is 4. The molecule has 1 N–H and O–H groups in total. The first-order chi connectivity index (χ1) is 13.1. The molecule has 0 aromatic heterocycles. The summed E-state index contributed by atoms with van der Waals surface area (Å²) in [6, 6.07) is 8.73. The van der Waals surface area contributed by atoms with E-state index in [4.69, 9.17) is 0 Å². The number of hydrogen-bond donors (Lipinski definition) is 1. The molecule has 2 fully saturated rings. The largest absolute Gasteiger partial charge is 0.339 e. The third-order valence-corrected chi connectivity index (χ3v) is 6.08. The predicted molar refractivity (Wildman–Crippen MR) is 125 cm³/mol. The molecule has 1 aromatic rings. The molecule has 2 saturated heterocycles. The molecule has 0 spiro atoms. The maximum Gasteiger partial charge on any atom is 0.236 e. The van der Waals surface area contributed by atoms with Gasteiger partial charge in [-0.1, -0.05) is 29.8 Å². The lowest BCUT2D eigenvalue weighted by molar-refractivity contribution is -0.134. The molecule has 0 aliphatic carbocycles. The van der Waals surface area contributed by atoms with Crippen molar-refractivity contribution in [1.82, 2.24) is 20.0 Å². The van der Waals surface area contributed by atoms with Gasteiger partial charge in [0.25, 0.3) is 0 Å². The summed E-state index contributed by atoms with van der Waals surface area (Å²) in [6.07, 6.45) is 3.74. The number of piperidine rings is 1. The van der Waals surface area contributed by atoms with Crippen molar-refractivity contribution >= 4 is 30.7 Å². The number of carbonyl (C=O) groups excluding carboxylic acids is 1. The van der Waals surface area contributed by atoms with Crippen LogP contribution in [0, 0.1) is 12.8 Å². The first-order valence-corrected chi connectivity index (χ1v) is 10.6. The van der Waals surface area contributed by atoms with Gasteiger partial charge in [0, 0.05) is 32.7 Å². The van der Waals surface area contributed by atoms with E-state index in [9.17, 15) is 4.79 Å². The van der Waals surface area contributed by atoms with Crippen molar-refractivity contribution in [2.24, 2.45) is 5.92 Å². The normalized spacial score (nSPS) is 18.8. The van der Waals surface area contributed by atoms with Crippen molar-refractivity contribution in [1.29, 1.82) is 0 Å². The maximum absolute atomic E-state index is 12.7. The standard InChI is InChI=1S/C22H36N4O.2ClH/c1-19-4-3-5-21(16-19)17-25-12-14-26(15-13-25)22(27)18-24-10-7-20(8-11-24)6-9-23-2;;/h3-5,16,20,23H,6-15,17-18H2,1-2H3;2*1H. The summed E-state index contributed by atoms with van der Waals surface area (Å²) in [5, 5.41) is 3.24. The number of carbonyl (C=O) groups is 1. The van der Waals surface area contributed by atoms with Crippen LogP contribution in [0.1, 0.15) is 30.4 Å². The minimum absolute atomic E-state index is 0. The number of amides is 1. The Bertz CT molecular complexity index is 600. The fourth-order valence-corrected chi connectivity index (χ4v) is 4.30. The Morgan fingerprint density at radius 2 is 1.72 bits per heavy atom. The second-order valence-corrected chi connectivity index (χ2v) is 8.26. The zero-order chi connectivity index (χ0) is 19.1. The fourth-order valence-electron chi connectivity index (χ4n) is 4.30. The molecule has 0 bridgehead atoms. The van der Waals surface area contributed by atoms with Gasteiger partial charge in [-0.25, -0.2) is 0 Å². The van der Waals surface area contributed by atoms with E-state index in [0.29, 0.717) is 12.5 Å². The van der Waals surface area contributed by atoms with Gasteiger partial charge in [0.2, 0.25) is 5.91 Å². The fraction of sp³-hybridized carbons (Fsp3) is 0.682. The highest BCUT2D eigenvalue weighted by atomic mass is 35.5. The highest BCUT2D eigenvalue weighted by Gasteiger charge is 2.25. The smallest absolute Gasteiger partial charge is 0.236 e. The molecule has 1 aromatic carbocycles. The first kappa shape index (κ1) is 26.2. The Labute approximate surface area is 189 Å². The summed E-state index contributed by atoms with van der Waals surface area (Å²) in [6.45, 7) is 10.7. The van der Waals surface area contributed by atoms with Crippen molar-refractivity contribution in [2.45, 2.75) is 32.7 Å². The summed E-state index contributed by atoms with van der Waals surface area (Å²) in [7, 11) is 2.02. The minimum Gasteiger partial charge on any atom is -0.339 e. The maximum atomic E-state index is 12.7. The third kappa shape index (κ3) is 8.42. The van der Waals surface area contributed by atoms with Crippen LogP contribution < -0.4 is 5.32 Å². The SMILES string of the molecule is CNCCC1CCN(CC(=O)N2CCN(Cc3cccc(C)c3)CC2)CC1.Cl.Cl. The van der Waals surface area contributed by atoms with Gasteiger partial charge in [0.05, 0.1) is 6.54 Å². The second kappa shape index (κ2) is 13.5. The van der Waals surface area contributed by atoms with Crippen molar-refractivity contribution < 1.29 is 4.79 Å². The Hall–Kier alpha value is -0.850. The van der Waals surface area contributed by atoms with Gasteiger partial charge < -0.3 is 10.2 Å². The third-order valence-electron chi connectivity index (χ3n) is 6.08. The topological polar surface area (TPSA) is 38.8 Å². The van der Waals surface area contributed by atoms with Crippen molar-refractivity contribution in [3.63, 3.8) is 0 Å². The molecule has 1 amide bonds. The van der Waals surface area contributed by atoms with E-state index in [2.05, 4.69) is 51.2 Å². The number of nitrogens with zero attached hydrogens (tertiary/aromatic N) is 3. The first-order valence-electron chi connectivity index (χ1n) is 10.6. The number of aryl methyl sites for hydroxylation is 1. The number of nitrogens with one attached hydrogen (secondary N) is 1. The molecule has 0 radical (unpaired) electrons. The average Bonchev–Trinajstić information content (AvgIpc) is 2.68. The summed E-state index contributed by atoms with van der Waals surface area (Å²) in [5.74, 6) is 1.15. The molecule has 3 rings (SSSR count). The van der Waals surface area contributed by atoms with Crippen molar-refractivity contribution in [3.8, 4) is 0 Å². The molecule has 2 aliphatic rings. The van der Waals surface area contributed by atoms with E-state index in [1.807, 2.05) is 7.05 Å². The number of rotatable bonds is 7. The molecule has 5 nitrogen and oxygen atoms in total. The summed E-state index contributed by atoms with van der Waals surface area (Å²) < 4.78 is 0. The number of piperazine rings is 1. The van der Waals surface area contributed by atoms with E-state index < -0.39 is 0 Å². The lowest BCUT2D eigenvalue weighted by atomic mass is 9.93. The predicted octanol–water partition coefficient (Wildman–Crippen LogP) is 2.80. The molecular weight excluding hydrogens is 407 g/mol. The minimum atomic E-state index is 0. The van der Waals surface area contributed by atoms with E-state index in [1.165, 1.54) is 30.4 Å². The lowest BCUT2D eigenvalue weighted by Gasteiger charge is -2.37. The molecule has 7 heteroatoms. The van der Waals surface area contributed by atoms with Gasteiger partial charge in [-0.2, -0.15) is 0 Å². The van der Waals surface area contributed by atoms with Crippen molar-refractivity contribution in [3.05, 3.63) is 35.4 Å². The van der Waals surface area contributed by atoms with E-state index >= 15 is 0 Å². The monoisotopic (exact) mass is 444 g/mol. The molecule has 2 heterocycles. The molecule has 166 valence electrons. The number of halogens is 2. The van der Waals surface area contributed by atoms with Crippen LogP contribution >= 0.6 is 24.8 Å². The summed E-state index contributed by atoms with van der Waals surface area (Å²) in [4.78, 5) is 19.6. The van der Waals surface area contributed by atoms with Crippen molar-refractivity contribution in [2.75, 3.05) is 59.4 Å². The summed E-state index contributed by atoms with van der Waals surface area (Å²) >= 11 is 0. The number of likely N-dealkylation sites (tertiary alicyclic amines) is 1. The van der Waals surface area contributed by atoms with Crippen LogP contribution in [-0.2, 0) is 11.3 Å². The van der Waals surface area contributed by atoms with Gasteiger partial charge in [0.1, 0.15) is 0 Å². The highest BCUT2D eigenvalue weighted by molar-refractivity contribution is 5.85. The Balaban J connectivity index is 0.00000210. The van der Waals surface area contributed by atoms with Gasteiger partial charge in [-0.15, -0.1) is 24.8 Å². The van der Waals surface area contributed by atoms with Crippen LogP contribution in [0.15, 0.2) is 24.3 Å². The van der Waals surface area contributed by atoms with Gasteiger partial charge >= 0.3 is 0 Å². The molecule has 0 atom stereocenters. The molecular formula is C22H38Cl2N4O. The zero-order valence-electron chi connectivity index (χ0n) is 17.9. The lowest BCUT2D eigenvalue weighted by Crippen LogP contribution is -2.51. The van der Waals surface area contributed by atoms with Gasteiger partial charge in [-0.3, -0.25) is 14.6 Å². The Morgan fingerprint density at radius 1 is 1.03 bits per heavy atom. The van der Waals surface area contributed by atoms with E-state index in [1.54, 1.807) is 0 Å². The van der Waals surface area contributed by atoms with Crippen LogP contribution in [-0.4, -0.2) is 80.0 Å². The van der Waals surface area contributed by atoms with Crippen LogP contribution in [0.4, 0.5) is 0 Å². The second-order valence-electron chi connectivity index (χ2n) is 8.26. The number of benzene rings is 1. The molecule has 0 saturated carbocycles. The van der Waals surface area contributed by atoms with Crippen LogP contribution in [0.3, 0.4) is 0 Å². The van der Waals surface area contributed by atoms with Gasteiger partial charge in [-0.05, 0) is 64.3 Å². The quantitative estimate of drug-likeness (QED) is 0.701. The van der Waals surface area contributed by atoms with Crippen LogP contribution in [0.2, 0.25) is 0 Å². The van der Waals surface area contributed by atoms with Gasteiger partial charge in [0.15, 0.2) is 0 Å². The van der Waals surface area contributed by atoms with Crippen LogP contribution in [0.5, 0.6) is 0 Å². The summed E-state index contributed by atoms with van der Waals surface area (Å²) in [5.41, 5.74) is 2.69. The average molecular weight is 445 g/mol. The van der Waals surface area contributed by atoms with Crippen LogP contribution in [0.25, 0.3) is 0 Å². The highest BCUT2D eigenvalue weighted by Crippen LogP contribution is 2.20. The molecule has 29 heavy (non-hydrogen) atoms. The Kier molecular flexibility index (Phi) is 12.1. The molecule has 2 aliphatic heterocycles. The van der Waals surface area contributed by atoms with E-state index in [0.717, 1.165) is 58.3 Å². The Morgan fingerprint density at radius 3 is 2.34 bits per heavy atom. The van der Waals surface area contributed by atoms with E-state index in [-0.39, 0.29) is 24.8 Å².